The lowest BCUT2D eigenvalue weighted by molar-refractivity contribution is 0.334. The fourth-order valence-electron chi connectivity index (χ4n) is 3.15. The first-order chi connectivity index (χ1) is 7.15. The average molecular weight is 219 g/mol. The minimum atomic E-state index is 0.788. The van der Waals surface area contributed by atoms with Gasteiger partial charge in [0.1, 0.15) is 0 Å². The third-order valence-corrected chi connectivity index (χ3v) is 4.48. The Morgan fingerprint density at radius 3 is 2.00 bits per heavy atom. The third-order valence-electron chi connectivity index (χ3n) is 4.06. The zero-order chi connectivity index (χ0) is 10.6. The molecule has 1 fully saturated rings. The molecule has 1 saturated heterocycles. The van der Waals surface area contributed by atoms with Gasteiger partial charge in [-0.15, -0.1) is 0 Å². The van der Waals surface area contributed by atoms with E-state index in [0.29, 0.717) is 0 Å². The molecule has 80 valence electrons. The Labute approximate surface area is 94.1 Å². The summed E-state index contributed by atoms with van der Waals surface area (Å²) in [6.45, 7) is 6.90. The van der Waals surface area contributed by atoms with E-state index < -0.39 is 0 Å². The Kier molecular flexibility index (Phi) is 2.16. The van der Waals surface area contributed by atoms with Gasteiger partial charge in [-0.25, -0.2) is 0 Å². The van der Waals surface area contributed by atoms with Gasteiger partial charge in [-0.05, 0) is 54.4 Å². The van der Waals surface area contributed by atoms with Crippen LogP contribution in [0.25, 0.3) is 0 Å². The Morgan fingerprint density at radius 1 is 1.07 bits per heavy atom. The second-order valence-corrected chi connectivity index (χ2v) is 5.88. The SMILES string of the molecule is Cc1cc2c(cc1C)C1CC2CN(P)C1. The molecule has 2 heteroatoms. The number of hydrogen-bond donors (Lipinski definition) is 0. The molecular formula is C13H18NP. The highest BCUT2D eigenvalue weighted by atomic mass is 31.0. The number of fused-ring (bicyclic) bond motifs is 5. The molecule has 3 unspecified atom stereocenters. The van der Waals surface area contributed by atoms with Crippen LogP contribution in [-0.2, 0) is 0 Å². The molecule has 1 nitrogen and oxygen atoms in total. The number of hydrogen-bond acceptors (Lipinski definition) is 1. The fourth-order valence-corrected chi connectivity index (χ4v) is 3.66. The molecule has 1 aliphatic heterocycles. The van der Waals surface area contributed by atoms with Crippen molar-refractivity contribution in [3.63, 3.8) is 0 Å². The van der Waals surface area contributed by atoms with Gasteiger partial charge in [0, 0.05) is 13.1 Å². The summed E-state index contributed by atoms with van der Waals surface area (Å²) in [5, 5.41) is 0. The molecule has 0 saturated carbocycles. The van der Waals surface area contributed by atoms with Crippen LogP contribution in [0.2, 0.25) is 0 Å². The van der Waals surface area contributed by atoms with Crippen molar-refractivity contribution >= 4 is 9.39 Å². The van der Waals surface area contributed by atoms with Crippen molar-refractivity contribution in [2.24, 2.45) is 0 Å². The summed E-state index contributed by atoms with van der Waals surface area (Å²) in [7, 11) is 2.87. The fraction of sp³-hybridized carbons (Fsp3) is 0.538. The standard InChI is InChI=1S/C13H18NP/c1-8-3-12-10-5-11(7-14(15)6-10)13(12)4-9(8)2/h3-4,10-11H,5-7,15H2,1-2H3. The topological polar surface area (TPSA) is 3.24 Å². The second-order valence-electron chi connectivity index (χ2n) is 5.15. The van der Waals surface area contributed by atoms with Crippen LogP contribution >= 0.6 is 9.39 Å². The predicted octanol–water partition coefficient (Wildman–Crippen LogP) is 2.98. The van der Waals surface area contributed by atoms with E-state index in [0.717, 1.165) is 11.8 Å². The van der Waals surface area contributed by atoms with Gasteiger partial charge in [-0.1, -0.05) is 21.5 Å². The van der Waals surface area contributed by atoms with Crippen molar-refractivity contribution in [2.75, 3.05) is 13.1 Å². The summed E-state index contributed by atoms with van der Waals surface area (Å²) >= 11 is 0. The number of benzene rings is 1. The molecule has 0 radical (unpaired) electrons. The highest BCUT2D eigenvalue weighted by Crippen LogP contribution is 2.47. The largest absolute Gasteiger partial charge is 0.286 e. The van der Waals surface area contributed by atoms with Gasteiger partial charge in [-0.3, -0.25) is 4.67 Å². The van der Waals surface area contributed by atoms with E-state index in [-0.39, 0.29) is 0 Å². The van der Waals surface area contributed by atoms with E-state index in [2.05, 4.69) is 40.0 Å². The van der Waals surface area contributed by atoms with Gasteiger partial charge < -0.3 is 0 Å². The summed E-state index contributed by atoms with van der Waals surface area (Å²) in [4.78, 5) is 0. The minimum Gasteiger partial charge on any atom is -0.286 e. The number of aryl methyl sites for hydroxylation is 2. The molecule has 1 heterocycles. The van der Waals surface area contributed by atoms with Crippen LogP contribution in [-0.4, -0.2) is 17.8 Å². The molecule has 3 rings (SSSR count). The molecular weight excluding hydrogens is 201 g/mol. The summed E-state index contributed by atoms with van der Waals surface area (Å²) in [5.41, 5.74) is 6.18. The maximum atomic E-state index is 2.87. The van der Waals surface area contributed by atoms with Gasteiger partial charge in [0.25, 0.3) is 0 Å². The quantitative estimate of drug-likeness (QED) is 0.606. The van der Waals surface area contributed by atoms with Gasteiger partial charge in [0.05, 0.1) is 0 Å². The lowest BCUT2D eigenvalue weighted by atomic mass is 9.97. The highest BCUT2D eigenvalue weighted by molar-refractivity contribution is 7.13. The third kappa shape index (κ3) is 1.45. The average Bonchev–Trinajstić information content (AvgIpc) is 2.41. The zero-order valence-corrected chi connectivity index (χ0v) is 10.6. The first-order valence-electron chi connectivity index (χ1n) is 5.76. The molecule has 0 spiro atoms. The van der Waals surface area contributed by atoms with E-state index in [9.17, 15) is 0 Å². The van der Waals surface area contributed by atoms with Crippen LogP contribution in [0.1, 0.15) is 40.5 Å². The van der Waals surface area contributed by atoms with Crippen molar-refractivity contribution in [1.82, 2.24) is 4.67 Å². The molecule has 2 aliphatic rings. The van der Waals surface area contributed by atoms with Crippen molar-refractivity contribution < 1.29 is 0 Å². The van der Waals surface area contributed by atoms with Crippen molar-refractivity contribution in [2.45, 2.75) is 32.1 Å². The summed E-state index contributed by atoms with van der Waals surface area (Å²) in [5.74, 6) is 1.58. The van der Waals surface area contributed by atoms with E-state index in [4.69, 9.17) is 0 Å². The molecule has 1 aromatic rings. The highest BCUT2D eigenvalue weighted by Gasteiger charge is 2.36. The number of rotatable bonds is 0. The van der Waals surface area contributed by atoms with E-state index >= 15 is 0 Å². The lowest BCUT2D eigenvalue weighted by Crippen LogP contribution is -2.26. The minimum absolute atomic E-state index is 0.788. The normalized spacial score (nSPS) is 29.3. The number of piperidine rings is 1. The van der Waals surface area contributed by atoms with E-state index in [1.165, 1.54) is 30.6 Å². The van der Waals surface area contributed by atoms with E-state index in [1.807, 2.05) is 0 Å². The zero-order valence-electron chi connectivity index (χ0n) is 9.46. The van der Waals surface area contributed by atoms with Crippen LogP contribution in [0.4, 0.5) is 0 Å². The Bertz CT molecular complexity index is 376. The summed E-state index contributed by atoms with van der Waals surface area (Å²) < 4.78 is 2.41. The summed E-state index contributed by atoms with van der Waals surface area (Å²) in [6.07, 6.45) is 1.38. The molecule has 1 aliphatic carbocycles. The van der Waals surface area contributed by atoms with E-state index in [1.54, 1.807) is 11.1 Å². The molecule has 1 aromatic carbocycles. The van der Waals surface area contributed by atoms with Crippen molar-refractivity contribution in [1.29, 1.82) is 0 Å². The lowest BCUT2D eigenvalue weighted by Gasteiger charge is -2.28. The smallest absolute Gasteiger partial charge is 0.00857 e. The summed E-state index contributed by atoms with van der Waals surface area (Å²) in [6, 6.07) is 4.86. The van der Waals surface area contributed by atoms with Gasteiger partial charge in [-0.2, -0.15) is 0 Å². The Balaban J connectivity index is 2.12. The van der Waals surface area contributed by atoms with Gasteiger partial charge in [0.15, 0.2) is 0 Å². The first-order valence-corrected chi connectivity index (χ1v) is 6.27. The van der Waals surface area contributed by atoms with Crippen molar-refractivity contribution in [3.8, 4) is 0 Å². The van der Waals surface area contributed by atoms with Crippen LogP contribution in [0, 0.1) is 13.8 Å². The van der Waals surface area contributed by atoms with Crippen LogP contribution in [0.5, 0.6) is 0 Å². The molecule has 2 bridgehead atoms. The maximum absolute atomic E-state index is 2.87. The monoisotopic (exact) mass is 219 g/mol. The van der Waals surface area contributed by atoms with Crippen LogP contribution in [0.3, 0.4) is 0 Å². The molecule has 0 aromatic heterocycles. The molecule has 3 atom stereocenters. The number of nitrogens with zero attached hydrogens (tertiary/aromatic N) is 1. The predicted molar refractivity (Wildman–Crippen MR) is 67.3 cm³/mol. The van der Waals surface area contributed by atoms with Crippen LogP contribution < -0.4 is 0 Å². The Hall–Kier alpha value is -0.390. The van der Waals surface area contributed by atoms with Crippen LogP contribution in [0.15, 0.2) is 12.1 Å². The van der Waals surface area contributed by atoms with Crippen molar-refractivity contribution in [3.05, 3.63) is 34.4 Å². The van der Waals surface area contributed by atoms with Gasteiger partial charge >= 0.3 is 0 Å². The first kappa shape index (κ1) is 9.81. The van der Waals surface area contributed by atoms with Gasteiger partial charge in [0.2, 0.25) is 0 Å². The molecule has 0 N–H and O–H groups in total. The molecule has 0 amide bonds. The second kappa shape index (κ2) is 3.30. The maximum Gasteiger partial charge on any atom is 0.00857 e. The Morgan fingerprint density at radius 2 is 1.53 bits per heavy atom. The molecule has 15 heavy (non-hydrogen) atoms.